The average molecular weight is 400 g/mol. The minimum absolute atomic E-state index is 0.133. The first-order chi connectivity index (χ1) is 12.3. The van der Waals surface area contributed by atoms with Crippen LogP contribution < -0.4 is 22.3 Å². The van der Waals surface area contributed by atoms with Gasteiger partial charge in [-0.25, -0.2) is 9.59 Å². The van der Waals surface area contributed by atoms with Crippen LogP contribution in [0.2, 0.25) is 0 Å². The Balaban J connectivity index is 2.11. The van der Waals surface area contributed by atoms with Gasteiger partial charge in [-0.1, -0.05) is 23.1 Å². The number of amides is 1. The number of ketones is 1. The lowest BCUT2D eigenvalue weighted by Gasteiger charge is -2.10. The third kappa shape index (κ3) is 4.11. The number of rotatable bonds is 6. The summed E-state index contributed by atoms with van der Waals surface area (Å²) in [6.07, 6.45) is -0.655. The molecule has 0 atom stereocenters. The number of ether oxygens (including phenoxy) is 1. The lowest BCUT2D eigenvalue weighted by atomic mass is 10.2. The van der Waals surface area contributed by atoms with Gasteiger partial charge in [-0.2, -0.15) is 0 Å². The Morgan fingerprint density at radius 3 is 2.62 bits per heavy atom. The number of anilines is 2. The molecule has 0 saturated carbocycles. The molecule has 0 aliphatic rings. The highest BCUT2D eigenvalue weighted by Crippen LogP contribution is 2.26. The number of aromatic nitrogens is 4. The molecule has 0 aromatic carbocycles. The third-order valence-electron chi connectivity index (χ3n) is 3.21. The van der Waals surface area contributed by atoms with Gasteiger partial charge in [0, 0.05) is 14.1 Å². The molecule has 1 amide bonds. The standard InChI is InChI=1S/C13H16N6O5S2/c1-4-24-11(22)15-10-16-17-12(26-10)25-5-6(20)7-8(14)18(2)13(23)19(3)9(7)21/h4-5,14H2,1-3H3,(H,15,16,22). The van der Waals surface area contributed by atoms with Gasteiger partial charge in [0.05, 0.1) is 12.4 Å². The highest BCUT2D eigenvalue weighted by Gasteiger charge is 2.21. The Hall–Kier alpha value is -2.67. The van der Waals surface area contributed by atoms with Gasteiger partial charge < -0.3 is 10.5 Å². The van der Waals surface area contributed by atoms with Crippen molar-refractivity contribution in [2.24, 2.45) is 14.1 Å². The Kier molecular flexibility index (Phi) is 6.15. The number of carbonyl (C=O) groups excluding carboxylic acids is 2. The molecule has 2 aromatic heterocycles. The molecule has 0 aliphatic carbocycles. The smallest absolute Gasteiger partial charge is 0.413 e. The third-order valence-corrected chi connectivity index (χ3v) is 5.18. The van der Waals surface area contributed by atoms with Crippen molar-refractivity contribution in [1.29, 1.82) is 0 Å². The van der Waals surface area contributed by atoms with Gasteiger partial charge in [-0.15, -0.1) is 10.2 Å². The van der Waals surface area contributed by atoms with Crippen LogP contribution in [-0.4, -0.2) is 43.6 Å². The number of nitrogen functional groups attached to an aromatic ring is 1. The minimum atomic E-state index is -0.752. The van der Waals surface area contributed by atoms with Crippen molar-refractivity contribution in [3.05, 3.63) is 26.4 Å². The zero-order valence-electron chi connectivity index (χ0n) is 14.1. The van der Waals surface area contributed by atoms with E-state index in [0.717, 1.165) is 32.2 Å². The van der Waals surface area contributed by atoms with Crippen molar-refractivity contribution in [2.45, 2.75) is 11.3 Å². The maximum atomic E-state index is 12.4. The molecule has 2 heterocycles. The summed E-state index contributed by atoms with van der Waals surface area (Å²) < 4.78 is 6.98. The molecular weight excluding hydrogens is 384 g/mol. The van der Waals surface area contributed by atoms with E-state index < -0.39 is 23.1 Å². The number of nitrogens with one attached hydrogen (secondary N) is 1. The van der Waals surface area contributed by atoms with Crippen LogP contribution in [0.3, 0.4) is 0 Å². The number of Topliss-reactive ketones (excluding diaryl/α,β-unsaturated/α-hetero) is 1. The van der Waals surface area contributed by atoms with Crippen LogP contribution >= 0.6 is 23.1 Å². The van der Waals surface area contributed by atoms with Crippen LogP contribution in [0.25, 0.3) is 0 Å². The number of hydrogen-bond donors (Lipinski definition) is 2. The fourth-order valence-corrected chi connectivity index (χ4v) is 3.50. The number of nitrogens with two attached hydrogens (primary N) is 1. The van der Waals surface area contributed by atoms with Gasteiger partial charge in [-0.3, -0.25) is 24.0 Å². The van der Waals surface area contributed by atoms with Crippen LogP contribution in [0, 0.1) is 0 Å². The van der Waals surface area contributed by atoms with Crippen molar-refractivity contribution in [2.75, 3.05) is 23.4 Å². The Bertz CT molecular complexity index is 963. The largest absolute Gasteiger partial charge is 0.450 e. The van der Waals surface area contributed by atoms with Gasteiger partial charge in [0.2, 0.25) is 5.13 Å². The summed E-state index contributed by atoms with van der Waals surface area (Å²) in [6.45, 7) is 1.89. The molecule has 2 rings (SSSR count). The summed E-state index contributed by atoms with van der Waals surface area (Å²) in [5.41, 5.74) is 4.12. The zero-order valence-corrected chi connectivity index (χ0v) is 15.8. The van der Waals surface area contributed by atoms with Crippen LogP contribution in [0.4, 0.5) is 15.7 Å². The van der Waals surface area contributed by atoms with Gasteiger partial charge in [0.15, 0.2) is 10.1 Å². The molecule has 0 unspecified atom stereocenters. The maximum Gasteiger partial charge on any atom is 0.413 e. The van der Waals surface area contributed by atoms with Crippen LogP contribution in [0.15, 0.2) is 13.9 Å². The van der Waals surface area contributed by atoms with Crippen LogP contribution in [-0.2, 0) is 18.8 Å². The molecule has 3 N–H and O–H groups in total. The van der Waals surface area contributed by atoms with Crippen molar-refractivity contribution in [1.82, 2.24) is 19.3 Å². The number of nitrogens with zero attached hydrogens (tertiary/aromatic N) is 4. The van der Waals surface area contributed by atoms with Gasteiger partial charge >= 0.3 is 11.8 Å². The molecule has 2 aromatic rings. The van der Waals surface area contributed by atoms with E-state index >= 15 is 0 Å². The van der Waals surface area contributed by atoms with E-state index in [1.165, 1.54) is 14.1 Å². The Labute approximate surface area is 155 Å². The average Bonchev–Trinajstić information content (AvgIpc) is 3.04. The fraction of sp³-hybridized carbons (Fsp3) is 0.385. The van der Waals surface area contributed by atoms with Crippen LogP contribution in [0.5, 0.6) is 0 Å². The lowest BCUT2D eigenvalue weighted by Crippen LogP contribution is -2.41. The normalized spacial score (nSPS) is 10.6. The van der Waals surface area contributed by atoms with Crippen molar-refractivity contribution in [3.8, 4) is 0 Å². The quantitative estimate of drug-likeness (QED) is 0.389. The first-order valence-electron chi connectivity index (χ1n) is 7.25. The van der Waals surface area contributed by atoms with Crippen LogP contribution in [0.1, 0.15) is 17.3 Å². The second-order valence-corrected chi connectivity index (χ2v) is 7.10. The first kappa shape index (κ1) is 19.7. The van der Waals surface area contributed by atoms with Gasteiger partial charge in [0.25, 0.3) is 5.56 Å². The number of thioether (sulfide) groups is 1. The molecule has 0 bridgehead atoms. The van der Waals surface area contributed by atoms with E-state index in [0.29, 0.717) is 4.34 Å². The number of carbonyl (C=O) groups is 2. The highest BCUT2D eigenvalue weighted by atomic mass is 32.2. The van der Waals surface area contributed by atoms with E-state index in [1.807, 2.05) is 0 Å². The predicted octanol–water partition coefficient (Wildman–Crippen LogP) is 0.0611. The Morgan fingerprint density at radius 1 is 1.27 bits per heavy atom. The second-order valence-electron chi connectivity index (χ2n) is 4.90. The van der Waals surface area contributed by atoms with Gasteiger partial charge in [0.1, 0.15) is 11.4 Å². The molecule has 0 radical (unpaired) electrons. The Morgan fingerprint density at radius 2 is 1.96 bits per heavy atom. The van der Waals surface area contributed by atoms with Crippen molar-refractivity contribution in [3.63, 3.8) is 0 Å². The monoisotopic (exact) mass is 400 g/mol. The summed E-state index contributed by atoms with van der Waals surface area (Å²) >= 11 is 2.08. The zero-order chi connectivity index (χ0) is 19.4. The van der Waals surface area contributed by atoms with E-state index in [9.17, 15) is 19.2 Å². The number of hydrogen-bond acceptors (Lipinski definition) is 10. The summed E-state index contributed by atoms with van der Waals surface area (Å²) in [7, 11) is 2.64. The van der Waals surface area contributed by atoms with Crippen molar-refractivity contribution >= 4 is 45.9 Å². The molecule has 0 fully saturated rings. The second kappa shape index (κ2) is 8.14. The molecule has 13 heteroatoms. The first-order valence-corrected chi connectivity index (χ1v) is 9.05. The molecular formula is C13H16N6O5S2. The minimum Gasteiger partial charge on any atom is -0.450 e. The molecule has 0 saturated heterocycles. The summed E-state index contributed by atoms with van der Waals surface area (Å²) in [5.74, 6) is -0.865. The molecule has 26 heavy (non-hydrogen) atoms. The van der Waals surface area contributed by atoms with E-state index in [-0.39, 0.29) is 28.9 Å². The molecule has 11 nitrogen and oxygen atoms in total. The predicted molar refractivity (Wildman–Crippen MR) is 96.9 cm³/mol. The van der Waals surface area contributed by atoms with E-state index in [2.05, 4.69) is 15.5 Å². The van der Waals surface area contributed by atoms with Gasteiger partial charge in [-0.05, 0) is 6.92 Å². The molecule has 0 aliphatic heterocycles. The lowest BCUT2D eigenvalue weighted by molar-refractivity contribution is 0.102. The summed E-state index contributed by atoms with van der Waals surface area (Å²) in [4.78, 5) is 47.6. The molecule has 0 spiro atoms. The maximum absolute atomic E-state index is 12.4. The topological polar surface area (TPSA) is 151 Å². The van der Waals surface area contributed by atoms with E-state index in [1.54, 1.807) is 6.92 Å². The fourth-order valence-electron chi connectivity index (χ4n) is 1.89. The summed E-state index contributed by atoms with van der Waals surface area (Å²) in [6, 6.07) is 0. The molecule has 140 valence electrons. The summed E-state index contributed by atoms with van der Waals surface area (Å²) in [5, 5.41) is 10.2. The van der Waals surface area contributed by atoms with E-state index in [4.69, 9.17) is 10.5 Å². The van der Waals surface area contributed by atoms with Crippen molar-refractivity contribution < 1.29 is 14.3 Å². The SMILES string of the molecule is CCOC(=O)Nc1nnc(SCC(=O)c2c(N)n(C)c(=O)n(C)c2=O)s1. The highest BCUT2D eigenvalue weighted by molar-refractivity contribution is 8.01.